The summed E-state index contributed by atoms with van der Waals surface area (Å²) >= 11 is 12.3. The van der Waals surface area contributed by atoms with Gasteiger partial charge < -0.3 is 19.5 Å². The van der Waals surface area contributed by atoms with Crippen LogP contribution in [0.25, 0.3) is 5.76 Å². The Labute approximate surface area is 201 Å². The largest absolute Gasteiger partial charge is 0.507 e. The molecule has 0 bridgehead atoms. The second kappa shape index (κ2) is 10.5. The molecule has 176 valence electrons. The first kappa shape index (κ1) is 25.0. The standard InChI is InChI=1S/C24H24Cl2FNO5/c1-13(2)33-10-4-9-28-20(14-5-7-16(27)8-6-14)19(22(30)24(28)31)21(29)17-11-15(25)12-18(26)23(17)32-3/h5-8,11-13,20,29H,4,9-10H2,1-3H3/b21-19+. The number of hydrogen-bond acceptors (Lipinski definition) is 5. The number of amides is 1. The first-order valence-electron chi connectivity index (χ1n) is 10.3. The normalized spacial score (nSPS) is 17.8. The number of carbonyl (C=O) groups excluding carboxylic acids is 2. The first-order valence-corrected chi connectivity index (χ1v) is 11.1. The van der Waals surface area contributed by atoms with E-state index in [1.165, 1.54) is 48.4 Å². The lowest BCUT2D eigenvalue weighted by Gasteiger charge is -2.25. The van der Waals surface area contributed by atoms with Gasteiger partial charge in [0.05, 0.1) is 35.4 Å². The maximum Gasteiger partial charge on any atom is 0.295 e. The van der Waals surface area contributed by atoms with Crippen molar-refractivity contribution in [3.8, 4) is 5.75 Å². The maximum absolute atomic E-state index is 13.6. The summed E-state index contributed by atoms with van der Waals surface area (Å²) in [6.07, 6.45) is 0.489. The van der Waals surface area contributed by atoms with Gasteiger partial charge in [0.15, 0.2) is 0 Å². The van der Waals surface area contributed by atoms with Crippen LogP contribution in [0.2, 0.25) is 10.0 Å². The molecule has 1 aliphatic rings. The smallest absolute Gasteiger partial charge is 0.295 e. The fourth-order valence-electron chi connectivity index (χ4n) is 3.74. The van der Waals surface area contributed by atoms with Crippen molar-refractivity contribution in [2.75, 3.05) is 20.3 Å². The summed E-state index contributed by atoms with van der Waals surface area (Å²) in [5.41, 5.74) is 0.380. The van der Waals surface area contributed by atoms with Crippen LogP contribution in [0.4, 0.5) is 4.39 Å². The van der Waals surface area contributed by atoms with Gasteiger partial charge in [-0.1, -0.05) is 35.3 Å². The molecule has 0 aliphatic carbocycles. The highest BCUT2D eigenvalue weighted by Crippen LogP contribution is 2.43. The van der Waals surface area contributed by atoms with Crippen LogP contribution < -0.4 is 4.74 Å². The van der Waals surface area contributed by atoms with Crippen LogP contribution in [-0.4, -0.2) is 48.1 Å². The molecule has 1 unspecified atom stereocenters. The highest BCUT2D eigenvalue weighted by atomic mass is 35.5. The van der Waals surface area contributed by atoms with Crippen LogP contribution in [-0.2, 0) is 14.3 Å². The Kier molecular flexibility index (Phi) is 8.00. The number of methoxy groups -OCH3 is 1. The minimum Gasteiger partial charge on any atom is -0.507 e. The number of Topliss-reactive ketones (excluding diaryl/α,β-unsaturated/α-hetero) is 1. The number of carbonyl (C=O) groups is 2. The molecule has 1 aliphatic heterocycles. The van der Waals surface area contributed by atoms with Crippen molar-refractivity contribution >= 4 is 40.7 Å². The van der Waals surface area contributed by atoms with Gasteiger partial charge in [0.1, 0.15) is 17.3 Å². The molecular weight excluding hydrogens is 472 g/mol. The third-order valence-electron chi connectivity index (χ3n) is 5.19. The molecule has 0 radical (unpaired) electrons. The molecule has 0 saturated carbocycles. The monoisotopic (exact) mass is 495 g/mol. The maximum atomic E-state index is 13.6. The molecule has 0 spiro atoms. The number of halogens is 3. The van der Waals surface area contributed by atoms with Gasteiger partial charge in [0.2, 0.25) is 0 Å². The van der Waals surface area contributed by atoms with Crippen molar-refractivity contribution in [1.82, 2.24) is 4.90 Å². The second-order valence-electron chi connectivity index (χ2n) is 7.79. The van der Waals surface area contributed by atoms with Crippen LogP contribution in [0.3, 0.4) is 0 Å². The summed E-state index contributed by atoms with van der Waals surface area (Å²) in [6, 6.07) is 7.30. The molecule has 1 saturated heterocycles. The number of ketones is 1. The van der Waals surface area contributed by atoms with Gasteiger partial charge in [-0.25, -0.2) is 4.39 Å². The molecule has 1 amide bonds. The van der Waals surface area contributed by atoms with E-state index in [9.17, 15) is 19.1 Å². The fourth-order valence-corrected chi connectivity index (χ4v) is 4.32. The highest BCUT2D eigenvalue weighted by Gasteiger charge is 2.46. The van der Waals surface area contributed by atoms with Gasteiger partial charge in [0, 0.05) is 18.2 Å². The van der Waals surface area contributed by atoms with Crippen molar-refractivity contribution in [3.63, 3.8) is 0 Å². The second-order valence-corrected chi connectivity index (χ2v) is 8.63. The van der Waals surface area contributed by atoms with Crippen LogP contribution in [0.5, 0.6) is 5.75 Å². The number of hydrogen-bond donors (Lipinski definition) is 1. The van der Waals surface area contributed by atoms with Crippen molar-refractivity contribution < 1.29 is 28.6 Å². The molecule has 1 N–H and O–H groups in total. The molecule has 6 nitrogen and oxygen atoms in total. The minimum absolute atomic E-state index is 0.0216. The van der Waals surface area contributed by atoms with Crippen LogP contribution >= 0.6 is 23.2 Å². The van der Waals surface area contributed by atoms with Gasteiger partial charge >= 0.3 is 0 Å². The Bertz CT molecular complexity index is 1090. The van der Waals surface area contributed by atoms with E-state index in [4.69, 9.17) is 32.7 Å². The molecule has 2 aromatic carbocycles. The van der Waals surface area contributed by atoms with Crippen molar-refractivity contribution in [1.29, 1.82) is 0 Å². The fraction of sp³-hybridized carbons (Fsp3) is 0.333. The number of benzene rings is 2. The van der Waals surface area contributed by atoms with E-state index in [-0.39, 0.29) is 39.6 Å². The van der Waals surface area contributed by atoms with Crippen molar-refractivity contribution in [3.05, 3.63) is 69.0 Å². The molecule has 1 fully saturated rings. The molecule has 0 aromatic heterocycles. The summed E-state index contributed by atoms with van der Waals surface area (Å²) in [5, 5.41) is 11.5. The molecular formula is C24H24Cl2FNO5. The lowest BCUT2D eigenvalue weighted by Crippen LogP contribution is -2.31. The highest BCUT2D eigenvalue weighted by molar-refractivity contribution is 6.46. The molecule has 9 heteroatoms. The number of rotatable bonds is 8. The zero-order valence-electron chi connectivity index (χ0n) is 18.4. The van der Waals surface area contributed by atoms with Crippen LogP contribution in [0, 0.1) is 5.82 Å². The molecule has 3 rings (SSSR count). The van der Waals surface area contributed by atoms with Crippen molar-refractivity contribution in [2.45, 2.75) is 32.4 Å². The first-order chi connectivity index (χ1) is 15.6. The lowest BCUT2D eigenvalue weighted by molar-refractivity contribution is -0.140. The molecule has 1 atom stereocenters. The summed E-state index contributed by atoms with van der Waals surface area (Å²) in [4.78, 5) is 27.4. The van der Waals surface area contributed by atoms with E-state index in [0.29, 0.717) is 18.6 Å². The topological polar surface area (TPSA) is 76.1 Å². The van der Waals surface area contributed by atoms with Crippen LogP contribution in [0.1, 0.15) is 37.4 Å². The van der Waals surface area contributed by atoms with Crippen LogP contribution in [0.15, 0.2) is 42.0 Å². The van der Waals surface area contributed by atoms with E-state index >= 15 is 0 Å². The van der Waals surface area contributed by atoms with E-state index in [1.54, 1.807) is 0 Å². The quantitative estimate of drug-likeness (QED) is 0.230. The number of ether oxygens (including phenoxy) is 2. The average Bonchev–Trinajstić information content (AvgIpc) is 3.01. The third kappa shape index (κ3) is 5.32. The summed E-state index contributed by atoms with van der Waals surface area (Å²) in [6.45, 7) is 4.38. The minimum atomic E-state index is -0.938. The Balaban J connectivity index is 2.13. The van der Waals surface area contributed by atoms with E-state index in [0.717, 1.165) is 0 Å². The lowest BCUT2D eigenvalue weighted by atomic mass is 9.95. The summed E-state index contributed by atoms with van der Waals surface area (Å²) < 4.78 is 24.4. The summed E-state index contributed by atoms with van der Waals surface area (Å²) in [7, 11) is 1.36. The predicted octanol–water partition coefficient (Wildman–Crippen LogP) is 5.38. The van der Waals surface area contributed by atoms with Gasteiger partial charge in [-0.05, 0) is 50.1 Å². The number of nitrogens with zero attached hydrogens (tertiary/aromatic N) is 1. The van der Waals surface area contributed by atoms with Gasteiger partial charge in [0.25, 0.3) is 11.7 Å². The number of likely N-dealkylation sites (tertiary alicyclic amines) is 1. The van der Waals surface area contributed by atoms with Gasteiger partial charge in [-0.15, -0.1) is 0 Å². The SMILES string of the molecule is COc1c(Cl)cc(Cl)cc1/C(O)=C1\C(=O)C(=O)N(CCCOC(C)C)C1c1ccc(F)cc1. The van der Waals surface area contributed by atoms with Gasteiger partial charge in [-0.3, -0.25) is 9.59 Å². The third-order valence-corrected chi connectivity index (χ3v) is 5.69. The van der Waals surface area contributed by atoms with Gasteiger partial charge in [-0.2, -0.15) is 0 Å². The predicted molar refractivity (Wildman–Crippen MR) is 124 cm³/mol. The molecule has 2 aromatic rings. The van der Waals surface area contributed by atoms with E-state index in [1.807, 2.05) is 13.8 Å². The van der Waals surface area contributed by atoms with E-state index in [2.05, 4.69) is 0 Å². The Morgan fingerprint density at radius 1 is 1.18 bits per heavy atom. The van der Waals surface area contributed by atoms with Crippen molar-refractivity contribution in [2.24, 2.45) is 0 Å². The number of aliphatic hydroxyl groups excluding tert-OH is 1. The molecule has 1 heterocycles. The Morgan fingerprint density at radius 3 is 2.45 bits per heavy atom. The molecule has 33 heavy (non-hydrogen) atoms. The zero-order chi connectivity index (χ0) is 24.3. The number of aliphatic hydroxyl groups is 1. The Morgan fingerprint density at radius 2 is 1.85 bits per heavy atom. The average molecular weight is 496 g/mol. The Hall–Kier alpha value is -2.61. The zero-order valence-corrected chi connectivity index (χ0v) is 19.9. The van der Waals surface area contributed by atoms with E-state index < -0.39 is 29.3 Å². The summed E-state index contributed by atoms with van der Waals surface area (Å²) in [5.74, 6) is -2.49.